The van der Waals surface area contributed by atoms with E-state index in [1.807, 2.05) is 36.4 Å². The number of anilines is 2. The maximum absolute atomic E-state index is 12.4. The quantitative estimate of drug-likeness (QED) is 0.483. The van der Waals surface area contributed by atoms with Crippen LogP contribution in [0.25, 0.3) is 0 Å². The molecule has 2 aromatic carbocycles. The number of nitriles is 1. The minimum atomic E-state index is -0.550. The third-order valence-corrected chi connectivity index (χ3v) is 3.76. The first-order valence-electron chi connectivity index (χ1n) is 8.71. The van der Waals surface area contributed by atoms with E-state index in [0.717, 1.165) is 5.56 Å². The first kappa shape index (κ1) is 20.7. The maximum atomic E-state index is 12.4. The summed E-state index contributed by atoms with van der Waals surface area (Å²) in [5, 5.41) is 24.0. The third kappa shape index (κ3) is 6.59. The molecule has 0 heterocycles. The van der Waals surface area contributed by atoms with E-state index in [1.165, 1.54) is 13.1 Å². The number of rotatable bonds is 8. The monoisotopic (exact) mass is 378 g/mol. The number of hydrogen-bond acceptors (Lipinski definition) is 5. The first-order chi connectivity index (χ1) is 13.5. The fourth-order valence-electron chi connectivity index (χ4n) is 2.50. The van der Waals surface area contributed by atoms with E-state index < -0.39 is 5.91 Å². The van der Waals surface area contributed by atoms with Gasteiger partial charge in [0.2, 0.25) is 5.91 Å². The molecule has 0 saturated heterocycles. The van der Waals surface area contributed by atoms with Crippen LogP contribution in [0, 0.1) is 11.3 Å². The zero-order valence-electron chi connectivity index (χ0n) is 15.6. The van der Waals surface area contributed by atoms with Gasteiger partial charge in [-0.3, -0.25) is 9.59 Å². The summed E-state index contributed by atoms with van der Waals surface area (Å²) in [7, 11) is 0. The molecule has 7 heteroatoms. The molecule has 2 amide bonds. The molecular weight excluding hydrogens is 356 g/mol. The molecule has 0 bridgehead atoms. The van der Waals surface area contributed by atoms with Crippen LogP contribution in [0.15, 0.2) is 66.4 Å². The van der Waals surface area contributed by atoms with Gasteiger partial charge in [0.15, 0.2) is 0 Å². The number of benzene rings is 2. The molecule has 3 N–H and O–H groups in total. The Bertz CT molecular complexity index is 871. The topological polar surface area (TPSA) is 105 Å². The smallest absolute Gasteiger partial charge is 0.267 e. The molecule has 0 radical (unpaired) electrons. The second-order valence-electron chi connectivity index (χ2n) is 6.05. The van der Waals surface area contributed by atoms with E-state index in [0.29, 0.717) is 24.5 Å². The number of nitrogens with zero attached hydrogens (tertiary/aromatic N) is 2. The fraction of sp³-hybridized carbons (Fsp3) is 0.190. The van der Waals surface area contributed by atoms with Crippen molar-refractivity contribution in [3.05, 3.63) is 71.9 Å². The Kier molecular flexibility index (Phi) is 7.76. The Morgan fingerprint density at radius 3 is 2.21 bits per heavy atom. The predicted octanol–water partition coefficient (Wildman–Crippen LogP) is 2.49. The summed E-state index contributed by atoms with van der Waals surface area (Å²) in [5.41, 5.74) is 2.03. The van der Waals surface area contributed by atoms with Gasteiger partial charge in [-0.1, -0.05) is 30.3 Å². The highest BCUT2D eigenvalue weighted by molar-refractivity contribution is 6.06. The number of aliphatic hydroxyl groups is 1. The summed E-state index contributed by atoms with van der Waals surface area (Å²) in [5.74, 6) is -0.736. The number of carbonyl (C=O) groups excluding carboxylic acids is 2. The minimum Gasteiger partial charge on any atom is -0.395 e. The van der Waals surface area contributed by atoms with E-state index in [2.05, 4.69) is 10.6 Å². The average Bonchev–Trinajstić information content (AvgIpc) is 2.68. The van der Waals surface area contributed by atoms with Gasteiger partial charge in [-0.05, 0) is 29.8 Å². The molecule has 7 nitrogen and oxygen atoms in total. The van der Waals surface area contributed by atoms with Crippen molar-refractivity contribution in [2.24, 2.45) is 0 Å². The molecule has 0 fully saturated rings. The number of hydrogen-bond donors (Lipinski definition) is 3. The third-order valence-electron chi connectivity index (χ3n) is 3.76. The molecule has 144 valence electrons. The largest absolute Gasteiger partial charge is 0.395 e. The lowest BCUT2D eigenvalue weighted by Crippen LogP contribution is -2.24. The van der Waals surface area contributed by atoms with Crippen molar-refractivity contribution in [2.75, 3.05) is 23.8 Å². The summed E-state index contributed by atoms with van der Waals surface area (Å²) in [4.78, 5) is 25.2. The first-order valence-corrected chi connectivity index (χ1v) is 8.71. The van der Waals surface area contributed by atoms with Crippen molar-refractivity contribution in [2.45, 2.75) is 13.5 Å². The number of aliphatic hydroxyl groups excluding tert-OH is 1. The molecule has 0 saturated carbocycles. The van der Waals surface area contributed by atoms with Gasteiger partial charge in [0, 0.05) is 37.6 Å². The van der Waals surface area contributed by atoms with E-state index >= 15 is 0 Å². The highest BCUT2D eigenvalue weighted by Gasteiger charge is 2.12. The SMILES string of the molecule is CC(=O)Nc1ccc(NC(=O)/C(C#N)=C\N(CCO)Cc2ccccc2)cc1. The van der Waals surface area contributed by atoms with Gasteiger partial charge in [0.05, 0.1) is 6.61 Å². The van der Waals surface area contributed by atoms with Crippen LogP contribution in [0.4, 0.5) is 11.4 Å². The molecule has 0 spiro atoms. The predicted molar refractivity (Wildman–Crippen MR) is 107 cm³/mol. The lowest BCUT2D eigenvalue weighted by molar-refractivity contribution is -0.114. The van der Waals surface area contributed by atoms with E-state index in [4.69, 9.17) is 0 Å². The maximum Gasteiger partial charge on any atom is 0.267 e. The lowest BCUT2D eigenvalue weighted by atomic mass is 10.2. The summed E-state index contributed by atoms with van der Waals surface area (Å²) >= 11 is 0. The van der Waals surface area contributed by atoms with Crippen LogP contribution in [-0.2, 0) is 16.1 Å². The van der Waals surface area contributed by atoms with Crippen molar-refractivity contribution in [3.8, 4) is 6.07 Å². The van der Waals surface area contributed by atoms with Gasteiger partial charge in [-0.25, -0.2) is 0 Å². The molecule has 0 atom stereocenters. The van der Waals surface area contributed by atoms with Crippen LogP contribution in [-0.4, -0.2) is 35.0 Å². The molecular formula is C21H22N4O3. The van der Waals surface area contributed by atoms with Gasteiger partial charge in [-0.2, -0.15) is 5.26 Å². The zero-order chi connectivity index (χ0) is 20.4. The van der Waals surface area contributed by atoms with Gasteiger partial charge in [0.25, 0.3) is 5.91 Å². The lowest BCUT2D eigenvalue weighted by Gasteiger charge is -2.20. The molecule has 2 rings (SSSR count). The van der Waals surface area contributed by atoms with E-state index in [-0.39, 0.29) is 18.1 Å². The Labute approximate surface area is 163 Å². The summed E-state index contributed by atoms with van der Waals surface area (Å²) in [6.45, 7) is 2.06. The fourth-order valence-corrected chi connectivity index (χ4v) is 2.50. The van der Waals surface area contributed by atoms with Crippen LogP contribution in [0.2, 0.25) is 0 Å². The minimum absolute atomic E-state index is 0.0738. The molecule has 0 aliphatic rings. The number of nitrogens with one attached hydrogen (secondary N) is 2. The van der Waals surface area contributed by atoms with Gasteiger partial charge in [-0.15, -0.1) is 0 Å². The molecule has 0 unspecified atom stereocenters. The summed E-state index contributed by atoms with van der Waals surface area (Å²) < 4.78 is 0. The van der Waals surface area contributed by atoms with Crippen molar-refractivity contribution in [1.29, 1.82) is 5.26 Å². The van der Waals surface area contributed by atoms with E-state index in [9.17, 15) is 20.0 Å². The highest BCUT2D eigenvalue weighted by atomic mass is 16.3. The summed E-state index contributed by atoms with van der Waals surface area (Å²) in [6, 6.07) is 18.0. The Morgan fingerprint density at radius 2 is 1.68 bits per heavy atom. The van der Waals surface area contributed by atoms with E-state index in [1.54, 1.807) is 29.2 Å². The van der Waals surface area contributed by atoms with Crippen molar-refractivity contribution < 1.29 is 14.7 Å². The van der Waals surface area contributed by atoms with Gasteiger partial charge < -0.3 is 20.6 Å². The van der Waals surface area contributed by atoms with Crippen molar-refractivity contribution in [3.63, 3.8) is 0 Å². The van der Waals surface area contributed by atoms with Gasteiger partial charge in [0.1, 0.15) is 11.6 Å². The molecule has 0 aliphatic heterocycles. The summed E-state index contributed by atoms with van der Waals surface area (Å²) in [6.07, 6.45) is 1.45. The van der Waals surface area contributed by atoms with Crippen LogP contribution >= 0.6 is 0 Å². The van der Waals surface area contributed by atoms with Crippen LogP contribution in [0.3, 0.4) is 0 Å². The molecule has 0 aliphatic carbocycles. The van der Waals surface area contributed by atoms with Crippen LogP contribution in [0.1, 0.15) is 12.5 Å². The van der Waals surface area contributed by atoms with Crippen molar-refractivity contribution in [1.82, 2.24) is 4.90 Å². The average molecular weight is 378 g/mol. The number of amides is 2. The zero-order valence-corrected chi connectivity index (χ0v) is 15.6. The molecule has 28 heavy (non-hydrogen) atoms. The standard InChI is InChI=1S/C21H22N4O3/c1-16(27)23-19-7-9-20(10-8-19)24-21(28)18(13-22)15-25(11-12-26)14-17-5-3-2-4-6-17/h2-10,15,26H,11-12,14H2,1H3,(H,23,27)(H,24,28)/b18-15-. The molecule has 0 aromatic heterocycles. The van der Waals surface area contributed by atoms with Gasteiger partial charge >= 0.3 is 0 Å². The Morgan fingerprint density at radius 1 is 1.07 bits per heavy atom. The second-order valence-corrected chi connectivity index (χ2v) is 6.05. The Hall–Kier alpha value is -3.63. The number of carbonyl (C=O) groups is 2. The Balaban J connectivity index is 2.09. The normalized spacial score (nSPS) is 10.7. The second kappa shape index (κ2) is 10.5. The van der Waals surface area contributed by atoms with Crippen molar-refractivity contribution >= 4 is 23.2 Å². The van der Waals surface area contributed by atoms with Crippen LogP contribution < -0.4 is 10.6 Å². The van der Waals surface area contributed by atoms with Crippen LogP contribution in [0.5, 0.6) is 0 Å². The molecule has 2 aromatic rings. The highest BCUT2D eigenvalue weighted by Crippen LogP contribution is 2.15.